The lowest BCUT2D eigenvalue weighted by Crippen LogP contribution is -2.37. The van der Waals surface area contributed by atoms with Crippen molar-refractivity contribution in [3.05, 3.63) is 134 Å². The quantitative estimate of drug-likeness (QED) is 0.0160. The number of unbranched alkanes of at least 4 members (excludes halogenated alkanes) is 3. The van der Waals surface area contributed by atoms with Gasteiger partial charge in [-0.1, -0.05) is 154 Å². The maximum absolute atomic E-state index is 12.7. The first-order chi connectivity index (χ1) is 30.4. The number of rotatable bonds is 39. The van der Waals surface area contributed by atoms with Crippen LogP contribution >= 0.6 is 7.82 Å². The van der Waals surface area contributed by atoms with Crippen LogP contribution in [0.2, 0.25) is 0 Å². The van der Waals surface area contributed by atoms with Crippen LogP contribution in [0.1, 0.15) is 123 Å². The standard InChI is InChI=1S/C52H82NO9P/c1-6-8-10-12-14-16-18-20-21-22-23-24-25-27-29-31-33-35-39-43-51(55)59-47-50(48-61-63(57,58)60-46-45-53(3,4)5)62-52(56)44-40-36-38-42-49(54)41-37-34-32-30-28-26-19-17-15-13-11-9-7-2/h8-11,14-17,20-21,23-24,26-29,32,34,36-38,41,49-50,54H,6-7,12-13,18-19,22,25,30-31,33,35,39-40,42-48H2,1-5H3/b10-8-,11-9-,16-14-,17-15-,21-20-,24-23-,28-26-,29-27-,34-32-,38-36-,41-37-/t49?,50-/m1/s1. The number of ether oxygens (including phenoxy) is 2. The van der Waals surface area contributed by atoms with Crippen molar-refractivity contribution in [1.82, 2.24) is 0 Å². The first kappa shape index (κ1) is 59.1. The second-order valence-corrected chi connectivity index (χ2v) is 17.3. The molecule has 0 aliphatic carbocycles. The summed E-state index contributed by atoms with van der Waals surface area (Å²) in [4.78, 5) is 37.6. The lowest BCUT2D eigenvalue weighted by molar-refractivity contribution is -0.870. The zero-order valence-electron chi connectivity index (χ0n) is 39.3. The number of aliphatic hydroxyl groups excluding tert-OH is 1. The van der Waals surface area contributed by atoms with E-state index in [1.807, 2.05) is 39.4 Å². The third-order valence-electron chi connectivity index (χ3n) is 8.76. The van der Waals surface area contributed by atoms with Crippen LogP contribution in [0.15, 0.2) is 134 Å². The number of phosphoric acid groups is 1. The van der Waals surface area contributed by atoms with Crippen LogP contribution in [-0.4, -0.2) is 81.2 Å². The van der Waals surface area contributed by atoms with E-state index in [0.717, 1.165) is 77.0 Å². The third-order valence-corrected chi connectivity index (χ3v) is 9.72. The number of hydrogen-bond donors (Lipinski definition) is 1. The number of nitrogens with zero attached hydrogens (tertiary/aromatic N) is 1. The van der Waals surface area contributed by atoms with E-state index in [1.165, 1.54) is 0 Å². The summed E-state index contributed by atoms with van der Waals surface area (Å²) in [6, 6.07) is 0. The Morgan fingerprint density at radius 2 is 1.10 bits per heavy atom. The summed E-state index contributed by atoms with van der Waals surface area (Å²) in [5.41, 5.74) is 0. The SMILES string of the molecule is CC/C=C\C/C=C\C/C=C\C/C=C\C=C/C(O)C/C=C\CCC(=O)O[C@H](COC(=O)CCCCC/C=C\C/C=C\C/C=C\C/C=C\C/C=C\CC)COP(=O)([O-])OCC[N+](C)(C)C. The first-order valence-electron chi connectivity index (χ1n) is 23.0. The van der Waals surface area contributed by atoms with Crippen molar-refractivity contribution in [2.45, 2.75) is 135 Å². The van der Waals surface area contributed by atoms with Gasteiger partial charge < -0.3 is 33.0 Å². The van der Waals surface area contributed by atoms with Gasteiger partial charge in [-0.3, -0.25) is 14.2 Å². The summed E-state index contributed by atoms with van der Waals surface area (Å²) >= 11 is 0. The summed E-state index contributed by atoms with van der Waals surface area (Å²) < 4.78 is 33.7. The highest BCUT2D eigenvalue weighted by Crippen LogP contribution is 2.38. The van der Waals surface area contributed by atoms with Crippen molar-refractivity contribution in [2.75, 3.05) is 47.5 Å². The normalized spacial score (nSPS) is 15.2. The molecule has 0 amide bonds. The number of allylic oxidation sites excluding steroid dienone is 20. The minimum absolute atomic E-state index is 0.00174. The summed E-state index contributed by atoms with van der Waals surface area (Å²) in [6.45, 7) is 3.71. The molecule has 0 saturated carbocycles. The van der Waals surface area contributed by atoms with E-state index < -0.39 is 38.6 Å². The molecule has 0 bridgehead atoms. The lowest BCUT2D eigenvalue weighted by atomic mass is 10.1. The molecule has 354 valence electrons. The van der Waals surface area contributed by atoms with Crippen molar-refractivity contribution < 1.29 is 47.2 Å². The van der Waals surface area contributed by atoms with E-state index in [2.05, 4.69) is 111 Å². The molecule has 0 heterocycles. The Morgan fingerprint density at radius 3 is 1.63 bits per heavy atom. The van der Waals surface area contributed by atoms with E-state index in [9.17, 15) is 24.2 Å². The first-order valence-corrected chi connectivity index (χ1v) is 24.5. The van der Waals surface area contributed by atoms with Gasteiger partial charge in [-0.25, -0.2) is 0 Å². The maximum atomic E-state index is 12.7. The Hall–Kier alpha value is -3.89. The topological polar surface area (TPSA) is 131 Å². The molecule has 11 heteroatoms. The van der Waals surface area contributed by atoms with Gasteiger partial charge in [-0.15, -0.1) is 0 Å². The molecule has 0 rings (SSSR count). The molecular weight excluding hydrogens is 814 g/mol. The maximum Gasteiger partial charge on any atom is 0.306 e. The number of quaternary nitrogens is 1. The Labute approximate surface area is 382 Å². The fraction of sp³-hybridized carbons (Fsp3) is 0.538. The molecule has 0 aliphatic rings. The summed E-state index contributed by atoms with van der Waals surface area (Å²) in [7, 11) is 1.01. The molecule has 0 aromatic heterocycles. The highest BCUT2D eigenvalue weighted by atomic mass is 31.2. The van der Waals surface area contributed by atoms with Crippen LogP contribution in [0.4, 0.5) is 0 Å². The smallest absolute Gasteiger partial charge is 0.306 e. The number of esters is 2. The number of likely N-dealkylation sites (N-methyl/N-ethyl adjacent to an activating group) is 1. The van der Waals surface area contributed by atoms with Crippen molar-refractivity contribution in [3.8, 4) is 0 Å². The average molecular weight is 896 g/mol. The molecule has 10 nitrogen and oxygen atoms in total. The molecule has 0 radical (unpaired) electrons. The second-order valence-electron chi connectivity index (χ2n) is 15.8. The van der Waals surface area contributed by atoms with Gasteiger partial charge in [-0.05, 0) is 89.9 Å². The molecule has 3 atom stereocenters. The highest BCUT2D eigenvalue weighted by Gasteiger charge is 2.21. The fourth-order valence-electron chi connectivity index (χ4n) is 5.20. The minimum Gasteiger partial charge on any atom is -0.756 e. The predicted octanol–water partition coefficient (Wildman–Crippen LogP) is 11.8. The van der Waals surface area contributed by atoms with Crippen LogP contribution in [0.25, 0.3) is 0 Å². The van der Waals surface area contributed by atoms with Gasteiger partial charge in [0.25, 0.3) is 7.82 Å². The van der Waals surface area contributed by atoms with Crippen molar-refractivity contribution in [1.29, 1.82) is 0 Å². The monoisotopic (exact) mass is 896 g/mol. The molecule has 63 heavy (non-hydrogen) atoms. The summed E-state index contributed by atoms with van der Waals surface area (Å²) in [6.07, 6.45) is 56.6. The highest BCUT2D eigenvalue weighted by molar-refractivity contribution is 7.45. The number of phosphoric ester groups is 1. The molecule has 0 aromatic rings. The van der Waals surface area contributed by atoms with Gasteiger partial charge in [-0.2, -0.15) is 0 Å². The average Bonchev–Trinajstić information content (AvgIpc) is 3.23. The van der Waals surface area contributed by atoms with Crippen molar-refractivity contribution in [2.24, 2.45) is 0 Å². The molecule has 0 saturated heterocycles. The van der Waals surface area contributed by atoms with Crippen LogP contribution in [0.3, 0.4) is 0 Å². The number of hydrogen-bond acceptors (Lipinski definition) is 9. The lowest BCUT2D eigenvalue weighted by Gasteiger charge is -2.28. The van der Waals surface area contributed by atoms with E-state index in [-0.39, 0.29) is 26.1 Å². The zero-order chi connectivity index (χ0) is 46.5. The van der Waals surface area contributed by atoms with Crippen LogP contribution in [-0.2, 0) is 32.7 Å². The molecule has 0 fully saturated rings. The third kappa shape index (κ3) is 45.9. The van der Waals surface area contributed by atoms with E-state index in [0.29, 0.717) is 30.3 Å². The van der Waals surface area contributed by atoms with Gasteiger partial charge in [0.1, 0.15) is 19.8 Å². The van der Waals surface area contributed by atoms with Crippen LogP contribution < -0.4 is 4.89 Å². The van der Waals surface area contributed by atoms with Gasteiger partial charge in [0, 0.05) is 12.8 Å². The number of aliphatic hydroxyl groups is 1. The molecular formula is C52H82NO9P. The van der Waals surface area contributed by atoms with E-state index in [4.69, 9.17) is 18.5 Å². The molecule has 1 N–H and O–H groups in total. The van der Waals surface area contributed by atoms with E-state index >= 15 is 0 Å². The van der Waals surface area contributed by atoms with Gasteiger partial charge in [0.15, 0.2) is 6.10 Å². The fourth-order valence-corrected chi connectivity index (χ4v) is 5.93. The largest absolute Gasteiger partial charge is 0.756 e. The van der Waals surface area contributed by atoms with Gasteiger partial charge in [0.05, 0.1) is 33.9 Å². The van der Waals surface area contributed by atoms with Crippen LogP contribution in [0, 0.1) is 0 Å². The number of carbonyl (C=O) groups is 2. The van der Waals surface area contributed by atoms with Crippen LogP contribution in [0.5, 0.6) is 0 Å². The van der Waals surface area contributed by atoms with Gasteiger partial charge >= 0.3 is 11.9 Å². The Bertz CT molecular complexity index is 1540. The zero-order valence-corrected chi connectivity index (χ0v) is 40.2. The second kappa shape index (κ2) is 42.1. The summed E-state index contributed by atoms with van der Waals surface area (Å²) in [5.74, 6) is -1.07. The Kier molecular flexibility index (Phi) is 39.5. The Morgan fingerprint density at radius 1 is 0.587 bits per heavy atom. The molecule has 0 aliphatic heterocycles. The summed E-state index contributed by atoms with van der Waals surface area (Å²) in [5, 5.41) is 10.2. The molecule has 0 spiro atoms. The molecule has 2 unspecified atom stereocenters. The van der Waals surface area contributed by atoms with Gasteiger partial charge in [0.2, 0.25) is 0 Å². The van der Waals surface area contributed by atoms with Crippen molar-refractivity contribution in [3.63, 3.8) is 0 Å². The Balaban J connectivity index is 4.64. The number of carbonyl (C=O) groups excluding carboxylic acids is 2. The predicted molar refractivity (Wildman–Crippen MR) is 260 cm³/mol. The van der Waals surface area contributed by atoms with E-state index in [1.54, 1.807) is 18.2 Å². The van der Waals surface area contributed by atoms with Crippen molar-refractivity contribution >= 4 is 19.8 Å². The minimum atomic E-state index is -4.70. The molecule has 0 aromatic carbocycles.